The molecule has 0 fully saturated rings. The lowest BCUT2D eigenvalue weighted by Crippen LogP contribution is -2.27. The molecule has 41 heavy (non-hydrogen) atoms. The zero-order valence-electron chi connectivity index (χ0n) is 23.6. The number of nitrogens with zero attached hydrogens (tertiary/aromatic N) is 5. The summed E-state index contributed by atoms with van der Waals surface area (Å²) in [5, 5.41) is 9.70. The number of nitrogens with one attached hydrogen (secondary N) is 3. The van der Waals surface area contributed by atoms with E-state index in [0.29, 0.717) is 34.6 Å². The highest BCUT2D eigenvalue weighted by Crippen LogP contribution is 2.37. The van der Waals surface area contributed by atoms with Crippen LogP contribution in [0.5, 0.6) is 0 Å². The molecule has 0 saturated carbocycles. The van der Waals surface area contributed by atoms with Gasteiger partial charge in [-0.2, -0.15) is 0 Å². The van der Waals surface area contributed by atoms with Crippen molar-refractivity contribution < 1.29 is 9.59 Å². The Hall–Kier alpha value is -3.99. The van der Waals surface area contributed by atoms with Gasteiger partial charge in [0.1, 0.15) is 0 Å². The van der Waals surface area contributed by atoms with Gasteiger partial charge in [0.25, 0.3) is 11.8 Å². The summed E-state index contributed by atoms with van der Waals surface area (Å²) in [5.41, 5.74) is 7.64. The molecular weight excluding hydrogens is 540 g/mol. The molecule has 2 aromatic carbocycles. The van der Waals surface area contributed by atoms with Crippen molar-refractivity contribution >= 4 is 34.8 Å². The van der Waals surface area contributed by atoms with Gasteiger partial charge in [-0.1, -0.05) is 35.9 Å². The fourth-order valence-electron chi connectivity index (χ4n) is 5.78. The van der Waals surface area contributed by atoms with Crippen LogP contribution in [-0.2, 0) is 40.0 Å². The van der Waals surface area contributed by atoms with E-state index in [1.165, 1.54) is 0 Å². The molecule has 10 nitrogen and oxygen atoms in total. The lowest BCUT2D eigenvalue weighted by atomic mass is 9.98. The minimum atomic E-state index is -0.317. The molecule has 3 N–H and O–H groups in total. The molecule has 0 aliphatic carbocycles. The third kappa shape index (κ3) is 4.92. The Balaban J connectivity index is 1.25. The highest BCUT2D eigenvalue weighted by molar-refractivity contribution is 6.36. The third-order valence-corrected chi connectivity index (χ3v) is 8.51. The number of halogens is 1. The number of fused-ring (bicyclic) bond motifs is 2. The molecule has 6 rings (SSSR count). The van der Waals surface area contributed by atoms with Crippen molar-refractivity contribution in [1.82, 2.24) is 29.3 Å². The van der Waals surface area contributed by atoms with Crippen molar-refractivity contribution in [1.29, 1.82) is 0 Å². The first kappa shape index (κ1) is 27.2. The molecule has 0 saturated heterocycles. The number of anilines is 2. The van der Waals surface area contributed by atoms with Gasteiger partial charge in [-0.3, -0.25) is 9.59 Å². The number of rotatable bonds is 5. The van der Waals surface area contributed by atoms with E-state index in [-0.39, 0.29) is 11.8 Å². The summed E-state index contributed by atoms with van der Waals surface area (Å²) in [6.07, 6.45) is 1.69. The summed E-state index contributed by atoms with van der Waals surface area (Å²) in [6.45, 7) is 5.13. The summed E-state index contributed by atoms with van der Waals surface area (Å²) >= 11 is 6.88. The number of hydrogen-bond acceptors (Lipinski definition) is 6. The summed E-state index contributed by atoms with van der Waals surface area (Å²) in [7, 11) is 5.82. The third-order valence-electron chi connectivity index (χ3n) is 8.10. The second kappa shape index (κ2) is 10.8. The molecule has 0 radical (unpaired) electrons. The molecule has 2 aromatic heterocycles. The molecule has 4 aromatic rings. The van der Waals surface area contributed by atoms with Crippen molar-refractivity contribution in [3.05, 3.63) is 81.4 Å². The highest BCUT2D eigenvalue weighted by atomic mass is 35.5. The van der Waals surface area contributed by atoms with Gasteiger partial charge in [-0.25, -0.2) is 9.97 Å². The summed E-state index contributed by atoms with van der Waals surface area (Å²) in [6, 6.07) is 11.2. The van der Waals surface area contributed by atoms with Crippen LogP contribution in [0.2, 0.25) is 5.02 Å². The summed E-state index contributed by atoms with van der Waals surface area (Å²) in [5.74, 6) is 0.167. The number of likely N-dealkylation sites (N-methyl/N-ethyl adjacent to an activating group) is 1. The van der Waals surface area contributed by atoms with Gasteiger partial charge in [0.2, 0.25) is 0 Å². The van der Waals surface area contributed by atoms with E-state index < -0.39 is 0 Å². The Kier molecular flexibility index (Phi) is 7.14. The first-order valence-electron chi connectivity index (χ1n) is 13.7. The van der Waals surface area contributed by atoms with Crippen LogP contribution in [0.1, 0.15) is 49.6 Å². The standard InChI is InChI=1S/C30H33ClN8O2/c1-17-18(7-5-9-20(17)35-29(40)28-34-23-16-37(2)14-12-25(23)39(28)4)19-8-6-10-21(26(19)31)36-30(41)27-33-22-15-32-13-11-24(22)38(27)3/h5-10,32H,11-16H2,1-4H3,(H,35,40)(H,36,41). The van der Waals surface area contributed by atoms with Gasteiger partial charge in [0, 0.05) is 75.8 Å². The number of aromatic nitrogens is 4. The average Bonchev–Trinajstić information content (AvgIpc) is 3.47. The molecule has 0 unspecified atom stereocenters. The maximum Gasteiger partial charge on any atom is 0.291 e. The van der Waals surface area contributed by atoms with Crippen LogP contribution in [0.3, 0.4) is 0 Å². The molecular formula is C30H33ClN8O2. The fourth-order valence-corrected chi connectivity index (χ4v) is 6.05. The zero-order chi connectivity index (χ0) is 28.8. The Morgan fingerprint density at radius 3 is 2.17 bits per heavy atom. The van der Waals surface area contributed by atoms with Crippen molar-refractivity contribution in [3.63, 3.8) is 0 Å². The molecule has 0 spiro atoms. The smallest absolute Gasteiger partial charge is 0.291 e. The highest BCUT2D eigenvalue weighted by Gasteiger charge is 2.25. The minimum absolute atomic E-state index is 0.259. The van der Waals surface area contributed by atoms with Gasteiger partial charge in [0.15, 0.2) is 11.6 Å². The predicted octanol–water partition coefficient (Wildman–Crippen LogP) is 3.92. The lowest BCUT2D eigenvalue weighted by molar-refractivity contribution is 0.100. The van der Waals surface area contributed by atoms with E-state index in [1.807, 2.05) is 60.5 Å². The molecule has 2 aliphatic rings. The van der Waals surface area contributed by atoms with Gasteiger partial charge in [-0.15, -0.1) is 0 Å². The van der Waals surface area contributed by atoms with Crippen LogP contribution in [0.25, 0.3) is 11.1 Å². The van der Waals surface area contributed by atoms with Crippen LogP contribution < -0.4 is 16.0 Å². The van der Waals surface area contributed by atoms with E-state index in [4.69, 9.17) is 11.6 Å². The molecule has 4 heterocycles. The molecule has 212 valence electrons. The first-order valence-corrected chi connectivity index (χ1v) is 14.1. The number of hydrogen-bond donors (Lipinski definition) is 3. The first-order chi connectivity index (χ1) is 19.7. The SMILES string of the molecule is Cc1c(NC(=O)c2nc3c(n2C)CCN(C)C3)cccc1-c1cccc(NC(=O)c2nc3c(n2C)CCNC3)c1Cl. The van der Waals surface area contributed by atoms with Gasteiger partial charge in [0.05, 0.1) is 22.1 Å². The minimum Gasteiger partial charge on any atom is -0.327 e. The second-order valence-corrected chi connectivity index (χ2v) is 11.1. The molecule has 0 atom stereocenters. The van der Waals surface area contributed by atoms with E-state index in [9.17, 15) is 9.59 Å². The molecule has 0 bridgehead atoms. The quantitative estimate of drug-likeness (QED) is 0.334. The van der Waals surface area contributed by atoms with Crippen LogP contribution >= 0.6 is 11.6 Å². The maximum absolute atomic E-state index is 13.3. The van der Waals surface area contributed by atoms with Gasteiger partial charge < -0.3 is 30.0 Å². The van der Waals surface area contributed by atoms with E-state index in [2.05, 4.69) is 37.9 Å². The predicted molar refractivity (Wildman–Crippen MR) is 159 cm³/mol. The van der Waals surface area contributed by atoms with Crippen LogP contribution in [0.15, 0.2) is 36.4 Å². The number of carbonyl (C=O) groups excluding carboxylic acids is 2. The maximum atomic E-state index is 13.3. The van der Waals surface area contributed by atoms with Crippen LogP contribution in [-0.4, -0.2) is 56.0 Å². The Bertz CT molecular complexity index is 1690. The zero-order valence-corrected chi connectivity index (χ0v) is 24.4. The average molecular weight is 573 g/mol. The molecule has 2 aliphatic heterocycles. The van der Waals surface area contributed by atoms with E-state index >= 15 is 0 Å². The largest absolute Gasteiger partial charge is 0.327 e. The fraction of sp³-hybridized carbons (Fsp3) is 0.333. The topological polar surface area (TPSA) is 109 Å². The van der Waals surface area contributed by atoms with Gasteiger partial charge in [-0.05, 0) is 37.2 Å². The van der Waals surface area contributed by atoms with Crippen molar-refractivity contribution in [3.8, 4) is 11.1 Å². The Labute approximate surface area is 243 Å². The monoisotopic (exact) mass is 572 g/mol. The Morgan fingerprint density at radius 1 is 0.854 bits per heavy atom. The number of carbonyl (C=O) groups is 2. The number of benzene rings is 2. The van der Waals surface area contributed by atoms with Crippen molar-refractivity contribution in [2.75, 3.05) is 30.8 Å². The van der Waals surface area contributed by atoms with E-state index in [1.54, 1.807) is 6.07 Å². The van der Waals surface area contributed by atoms with Crippen molar-refractivity contribution in [2.24, 2.45) is 14.1 Å². The van der Waals surface area contributed by atoms with Crippen LogP contribution in [0.4, 0.5) is 11.4 Å². The molecule has 2 amide bonds. The normalized spacial score (nSPS) is 14.9. The molecule has 11 heteroatoms. The number of amides is 2. The van der Waals surface area contributed by atoms with Crippen molar-refractivity contribution in [2.45, 2.75) is 32.9 Å². The second-order valence-electron chi connectivity index (χ2n) is 10.7. The summed E-state index contributed by atoms with van der Waals surface area (Å²) < 4.78 is 3.75. The summed E-state index contributed by atoms with van der Waals surface area (Å²) in [4.78, 5) is 37.9. The lowest BCUT2D eigenvalue weighted by Gasteiger charge is -2.21. The number of imidazole rings is 2. The van der Waals surface area contributed by atoms with Gasteiger partial charge >= 0.3 is 0 Å². The Morgan fingerprint density at radius 2 is 1.46 bits per heavy atom. The van der Waals surface area contributed by atoms with Crippen LogP contribution in [0, 0.1) is 6.92 Å². The van der Waals surface area contributed by atoms with E-state index in [0.717, 1.165) is 71.9 Å².